The zero-order valence-electron chi connectivity index (χ0n) is 11.4. The fourth-order valence-electron chi connectivity index (χ4n) is 2.02. The fourth-order valence-corrected chi connectivity index (χ4v) is 2.62. The van der Waals surface area contributed by atoms with Crippen LogP contribution >= 0.6 is 11.3 Å². The van der Waals surface area contributed by atoms with E-state index in [2.05, 4.69) is 29.9 Å². The molecule has 0 fully saturated rings. The van der Waals surface area contributed by atoms with Gasteiger partial charge in [0.2, 0.25) is 0 Å². The summed E-state index contributed by atoms with van der Waals surface area (Å²) >= 11 is 1.66. The summed E-state index contributed by atoms with van der Waals surface area (Å²) < 4.78 is 2.07. The normalized spacial score (nSPS) is 10.9. The van der Waals surface area contributed by atoms with Gasteiger partial charge in [0.25, 0.3) is 0 Å². The number of imidazole rings is 1. The zero-order chi connectivity index (χ0) is 13.9. The Morgan fingerprint density at radius 2 is 2.10 bits per heavy atom. The molecule has 0 saturated carbocycles. The van der Waals surface area contributed by atoms with Crippen LogP contribution in [0.25, 0.3) is 11.5 Å². The maximum atomic E-state index is 4.53. The molecule has 0 amide bonds. The molecule has 3 rings (SSSR count). The molecule has 0 N–H and O–H groups in total. The van der Waals surface area contributed by atoms with Crippen molar-refractivity contribution in [3.8, 4) is 11.5 Å². The number of rotatable bonds is 4. The molecule has 0 spiro atoms. The van der Waals surface area contributed by atoms with E-state index in [1.165, 1.54) is 0 Å². The summed E-state index contributed by atoms with van der Waals surface area (Å²) in [6.07, 6.45) is 6.35. The van der Waals surface area contributed by atoms with E-state index in [-0.39, 0.29) is 0 Å². The standard InChI is InChI=1S/C14H15N5S/c1-3-13-15-5-4-12(18-13)14-16-6-7-19(14)8-11-9-20-10(2)17-11/h4-7,9H,3,8H2,1-2H3. The van der Waals surface area contributed by atoms with Gasteiger partial charge in [-0.2, -0.15) is 0 Å². The van der Waals surface area contributed by atoms with Gasteiger partial charge in [0.1, 0.15) is 11.5 Å². The van der Waals surface area contributed by atoms with Crippen LogP contribution in [0.4, 0.5) is 0 Å². The van der Waals surface area contributed by atoms with Gasteiger partial charge in [-0.3, -0.25) is 0 Å². The fraction of sp³-hybridized carbons (Fsp3) is 0.286. The SMILES string of the molecule is CCc1nccc(-c2nccn2Cc2csc(C)n2)n1. The van der Waals surface area contributed by atoms with Crippen LogP contribution in [0.5, 0.6) is 0 Å². The lowest BCUT2D eigenvalue weighted by molar-refractivity contribution is 0.780. The van der Waals surface area contributed by atoms with Crippen molar-refractivity contribution in [2.45, 2.75) is 26.8 Å². The van der Waals surface area contributed by atoms with Crippen LogP contribution in [0.1, 0.15) is 23.4 Å². The van der Waals surface area contributed by atoms with Gasteiger partial charge < -0.3 is 4.57 Å². The van der Waals surface area contributed by atoms with Gasteiger partial charge in [-0.05, 0) is 13.0 Å². The highest BCUT2D eigenvalue weighted by Gasteiger charge is 2.10. The second-order valence-electron chi connectivity index (χ2n) is 4.45. The minimum atomic E-state index is 0.713. The first-order chi connectivity index (χ1) is 9.76. The number of aryl methyl sites for hydroxylation is 2. The highest BCUT2D eigenvalue weighted by molar-refractivity contribution is 7.09. The maximum Gasteiger partial charge on any atom is 0.159 e. The number of hydrogen-bond acceptors (Lipinski definition) is 5. The molecule has 0 aromatic carbocycles. The highest BCUT2D eigenvalue weighted by atomic mass is 32.1. The number of hydrogen-bond donors (Lipinski definition) is 0. The smallest absolute Gasteiger partial charge is 0.159 e. The Labute approximate surface area is 121 Å². The minimum absolute atomic E-state index is 0.713. The summed E-state index contributed by atoms with van der Waals surface area (Å²) in [5.41, 5.74) is 1.91. The average Bonchev–Trinajstić information content (AvgIpc) is 3.08. The lowest BCUT2D eigenvalue weighted by Gasteiger charge is -2.06. The summed E-state index contributed by atoms with van der Waals surface area (Å²) in [4.78, 5) is 17.7. The lowest BCUT2D eigenvalue weighted by atomic mass is 10.3. The molecule has 6 heteroatoms. The monoisotopic (exact) mass is 285 g/mol. The Bertz CT molecular complexity index is 716. The van der Waals surface area contributed by atoms with E-state index in [1.807, 2.05) is 26.1 Å². The van der Waals surface area contributed by atoms with Crippen LogP contribution in [0.15, 0.2) is 30.0 Å². The largest absolute Gasteiger partial charge is 0.324 e. The van der Waals surface area contributed by atoms with E-state index >= 15 is 0 Å². The first-order valence-electron chi connectivity index (χ1n) is 6.50. The van der Waals surface area contributed by atoms with Crippen LogP contribution in [0.3, 0.4) is 0 Å². The summed E-state index contributed by atoms with van der Waals surface area (Å²) in [5, 5.41) is 3.16. The van der Waals surface area contributed by atoms with Crippen molar-refractivity contribution in [3.05, 3.63) is 46.6 Å². The summed E-state index contributed by atoms with van der Waals surface area (Å²) in [5.74, 6) is 1.69. The zero-order valence-corrected chi connectivity index (χ0v) is 12.3. The molecular weight excluding hydrogens is 270 g/mol. The third-order valence-corrected chi connectivity index (χ3v) is 3.79. The molecular formula is C14H15N5S. The Balaban J connectivity index is 1.93. The second kappa shape index (κ2) is 5.50. The topological polar surface area (TPSA) is 56.5 Å². The van der Waals surface area contributed by atoms with Crippen LogP contribution in [0, 0.1) is 6.92 Å². The van der Waals surface area contributed by atoms with Gasteiger partial charge in [-0.1, -0.05) is 6.92 Å². The number of thiazole rings is 1. The first-order valence-corrected chi connectivity index (χ1v) is 7.38. The summed E-state index contributed by atoms with van der Waals surface area (Å²) in [6.45, 7) is 4.77. The molecule has 0 unspecified atom stereocenters. The van der Waals surface area contributed by atoms with E-state index < -0.39 is 0 Å². The molecule has 3 heterocycles. The van der Waals surface area contributed by atoms with Gasteiger partial charge in [-0.25, -0.2) is 19.9 Å². The van der Waals surface area contributed by atoms with Crippen molar-refractivity contribution in [2.24, 2.45) is 0 Å². The van der Waals surface area contributed by atoms with Gasteiger partial charge in [0.15, 0.2) is 5.82 Å². The first kappa shape index (κ1) is 12.9. The lowest BCUT2D eigenvalue weighted by Crippen LogP contribution is -2.04. The van der Waals surface area contributed by atoms with Crippen molar-refractivity contribution in [2.75, 3.05) is 0 Å². The molecule has 0 aliphatic carbocycles. The number of nitrogens with zero attached hydrogens (tertiary/aromatic N) is 5. The molecule has 0 bridgehead atoms. The molecule has 0 aliphatic heterocycles. The Morgan fingerprint density at radius 1 is 1.20 bits per heavy atom. The van der Waals surface area contributed by atoms with Crippen molar-refractivity contribution >= 4 is 11.3 Å². The van der Waals surface area contributed by atoms with Gasteiger partial charge in [0, 0.05) is 30.4 Å². The van der Waals surface area contributed by atoms with Crippen molar-refractivity contribution < 1.29 is 0 Å². The molecule has 3 aromatic rings. The summed E-state index contributed by atoms with van der Waals surface area (Å²) in [7, 11) is 0. The molecule has 3 aromatic heterocycles. The second-order valence-corrected chi connectivity index (χ2v) is 5.51. The molecule has 0 saturated heterocycles. The van der Waals surface area contributed by atoms with E-state index in [0.717, 1.165) is 34.5 Å². The Kier molecular flexibility index (Phi) is 3.56. The van der Waals surface area contributed by atoms with E-state index in [1.54, 1.807) is 23.7 Å². The molecule has 0 radical (unpaired) electrons. The van der Waals surface area contributed by atoms with Crippen LogP contribution in [-0.4, -0.2) is 24.5 Å². The molecule has 0 aliphatic rings. The third-order valence-electron chi connectivity index (χ3n) is 2.97. The van der Waals surface area contributed by atoms with Gasteiger partial charge in [0.05, 0.1) is 17.2 Å². The molecule has 102 valence electrons. The van der Waals surface area contributed by atoms with Crippen LogP contribution in [-0.2, 0) is 13.0 Å². The van der Waals surface area contributed by atoms with E-state index in [9.17, 15) is 0 Å². The van der Waals surface area contributed by atoms with Gasteiger partial charge in [-0.15, -0.1) is 11.3 Å². The van der Waals surface area contributed by atoms with Crippen LogP contribution in [0.2, 0.25) is 0 Å². The quantitative estimate of drug-likeness (QED) is 0.739. The van der Waals surface area contributed by atoms with Gasteiger partial charge >= 0.3 is 0 Å². The molecule has 5 nitrogen and oxygen atoms in total. The van der Waals surface area contributed by atoms with Crippen molar-refractivity contribution in [3.63, 3.8) is 0 Å². The predicted octanol–water partition coefficient (Wildman–Crippen LogP) is 2.72. The third kappa shape index (κ3) is 2.60. The molecule has 20 heavy (non-hydrogen) atoms. The highest BCUT2D eigenvalue weighted by Crippen LogP contribution is 2.17. The van der Waals surface area contributed by atoms with E-state index in [4.69, 9.17) is 0 Å². The predicted molar refractivity (Wildman–Crippen MR) is 78.6 cm³/mol. The Morgan fingerprint density at radius 3 is 2.85 bits per heavy atom. The van der Waals surface area contributed by atoms with Crippen molar-refractivity contribution in [1.82, 2.24) is 24.5 Å². The van der Waals surface area contributed by atoms with E-state index in [0.29, 0.717) is 6.54 Å². The maximum absolute atomic E-state index is 4.53. The van der Waals surface area contributed by atoms with Crippen molar-refractivity contribution in [1.29, 1.82) is 0 Å². The summed E-state index contributed by atoms with van der Waals surface area (Å²) in [6, 6.07) is 1.89. The Hall–Kier alpha value is -2.08. The molecule has 0 atom stereocenters. The number of aromatic nitrogens is 5. The minimum Gasteiger partial charge on any atom is -0.324 e. The average molecular weight is 285 g/mol. The van der Waals surface area contributed by atoms with Crippen LogP contribution < -0.4 is 0 Å².